The van der Waals surface area contributed by atoms with Crippen LogP contribution >= 0.6 is 11.8 Å². The predicted octanol–water partition coefficient (Wildman–Crippen LogP) is 6.65. The minimum atomic E-state index is -0.901. The zero-order chi connectivity index (χ0) is 26.0. The summed E-state index contributed by atoms with van der Waals surface area (Å²) in [6.45, 7) is 9.26. The molecule has 36 heavy (non-hydrogen) atoms. The van der Waals surface area contributed by atoms with E-state index >= 15 is 0 Å². The van der Waals surface area contributed by atoms with Crippen LogP contribution in [-0.2, 0) is 26.3 Å². The van der Waals surface area contributed by atoms with Gasteiger partial charge < -0.3 is 19.7 Å². The van der Waals surface area contributed by atoms with Gasteiger partial charge in [-0.1, -0.05) is 56.3 Å². The van der Waals surface area contributed by atoms with Crippen LogP contribution in [0, 0.1) is 10.8 Å². The number of hydrogen-bond donors (Lipinski definition) is 2. The number of rotatable bonds is 11. The summed E-state index contributed by atoms with van der Waals surface area (Å²) >= 11 is 1.87. The summed E-state index contributed by atoms with van der Waals surface area (Å²) in [7, 11) is 0. The van der Waals surface area contributed by atoms with Crippen molar-refractivity contribution in [1.82, 2.24) is 0 Å². The highest BCUT2D eigenvalue weighted by atomic mass is 32.2. The number of ether oxygens (including phenoxy) is 2. The van der Waals surface area contributed by atoms with Crippen molar-refractivity contribution in [3.8, 4) is 0 Å². The quantitative estimate of drug-likeness (QED) is 0.351. The third-order valence-corrected chi connectivity index (χ3v) is 8.92. The Morgan fingerprint density at radius 2 is 1.81 bits per heavy atom. The van der Waals surface area contributed by atoms with E-state index < -0.39 is 11.6 Å². The second kappa shape index (κ2) is 10.9. The van der Waals surface area contributed by atoms with E-state index in [9.17, 15) is 15.0 Å². The standard InChI is InChI=1S/C30H40O5S/c1-28(2)18-34-27(35-19-28)23-10-7-9-22(16-23)25(36-20-30(14-15-30)17-26(31)32)13-12-21-8-5-6-11-24(21)29(3,4)33/h5-11,16,25,27,33H,12-15,17-20H2,1-4H3,(H,31,32). The minimum absolute atomic E-state index is 0.0170. The lowest BCUT2D eigenvalue weighted by molar-refractivity contribution is -0.226. The summed E-state index contributed by atoms with van der Waals surface area (Å²) in [5, 5.41) is 20.3. The Balaban J connectivity index is 1.53. The van der Waals surface area contributed by atoms with E-state index in [0.717, 1.165) is 48.1 Å². The van der Waals surface area contributed by atoms with Crippen LogP contribution in [0.25, 0.3) is 0 Å². The first kappa shape index (κ1) is 27.2. The predicted molar refractivity (Wildman–Crippen MR) is 144 cm³/mol. The molecule has 1 saturated carbocycles. The van der Waals surface area contributed by atoms with Gasteiger partial charge in [-0.3, -0.25) is 4.79 Å². The minimum Gasteiger partial charge on any atom is -0.481 e. The summed E-state index contributed by atoms with van der Waals surface area (Å²) in [5.41, 5.74) is 3.39. The molecule has 1 aliphatic carbocycles. The van der Waals surface area contributed by atoms with Crippen LogP contribution in [0.1, 0.15) is 87.2 Å². The molecule has 6 heteroatoms. The maximum Gasteiger partial charge on any atom is 0.303 e. The van der Waals surface area contributed by atoms with Crippen molar-refractivity contribution in [2.45, 2.75) is 76.9 Å². The highest BCUT2D eigenvalue weighted by Gasteiger charge is 2.44. The fourth-order valence-electron chi connectivity index (χ4n) is 4.91. The molecular weight excluding hydrogens is 472 g/mol. The van der Waals surface area contributed by atoms with Crippen molar-refractivity contribution in [2.24, 2.45) is 10.8 Å². The average molecular weight is 513 g/mol. The zero-order valence-corrected chi connectivity index (χ0v) is 22.8. The molecule has 4 rings (SSSR count). The summed E-state index contributed by atoms with van der Waals surface area (Å²) in [4.78, 5) is 11.4. The fourth-order valence-corrected chi connectivity index (χ4v) is 6.47. The second-order valence-corrected chi connectivity index (χ2v) is 13.1. The summed E-state index contributed by atoms with van der Waals surface area (Å²) in [6.07, 6.45) is 3.58. The molecule has 1 aliphatic heterocycles. The van der Waals surface area contributed by atoms with Gasteiger partial charge in [0.1, 0.15) is 0 Å². The molecule has 0 amide bonds. The van der Waals surface area contributed by atoms with Gasteiger partial charge in [0, 0.05) is 22.0 Å². The van der Waals surface area contributed by atoms with E-state index in [4.69, 9.17) is 9.47 Å². The summed E-state index contributed by atoms with van der Waals surface area (Å²) < 4.78 is 12.1. The number of hydrogen-bond acceptors (Lipinski definition) is 5. The van der Waals surface area contributed by atoms with Gasteiger partial charge in [-0.15, -0.1) is 0 Å². The highest BCUT2D eigenvalue weighted by Crippen LogP contribution is 2.53. The van der Waals surface area contributed by atoms with Gasteiger partial charge in [-0.05, 0) is 67.7 Å². The molecular formula is C30H40O5S. The number of carboxylic acid groups (broad SMARTS) is 1. The smallest absolute Gasteiger partial charge is 0.303 e. The van der Waals surface area contributed by atoms with E-state index in [0.29, 0.717) is 13.2 Å². The molecule has 2 aromatic rings. The number of aliphatic carboxylic acids is 1. The molecule has 1 heterocycles. The molecule has 2 N–H and O–H groups in total. The molecule has 0 spiro atoms. The molecule has 1 unspecified atom stereocenters. The number of aryl methyl sites for hydroxylation is 1. The zero-order valence-electron chi connectivity index (χ0n) is 22.0. The van der Waals surface area contributed by atoms with Crippen LogP contribution in [0.15, 0.2) is 48.5 Å². The molecule has 2 aliphatic rings. The van der Waals surface area contributed by atoms with Crippen LogP contribution < -0.4 is 0 Å². The van der Waals surface area contributed by atoms with Crippen molar-refractivity contribution in [1.29, 1.82) is 0 Å². The van der Waals surface area contributed by atoms with Gasteiger partial charge in [-0.25, -0.2) is 0 Å². The Kier molecular flexibility index (Phi) is 8.20. The molecule has 1 atom stereocenters. The molecule has 2 fully saturated rings. The van der Waals surface area contributed by atoms with Crippen LogP contribution in [-0.4, -0.2) is 35.1 Å². The maximum atomic E-state index is 11.4. The highest BCUT2D eigenvalue weighted by molar-refractivity contribution is 7.99. The van der Waals surface area contributed by atoms with Crippen molar-refractivity contribution < 1.29 is 24.5 Å². The van der Waals surface area contributed by atoms with Gasteiger partial charge in [0.05, 0.1) is 25.2 Å². The van der Waals surface area contributed by atoms with E-state index in [1.54, 1.807) is 0 Å². The largest absolute Gasteiger partial charge is 0.481 e. The second-order valence-electron chi connectivity index (χ2n) is 11.9. The Morgan fingerprint density at radius 1 is 1.11 bits per heavy atom. The van der Waals surface area contributed by atoms with Gasteiger partial charge >= 0.3 is 5.97 Å². The van der Waals surface area contributed by atoms with Crippen LogP contribution in [0.5, 0.6) is 0 Å². The van der Waals surface area contributed by atoms with Gasteiger partial charge in [0.25, 0.3) is 0 Å². The number of carbonyl (C=O) groups is 1. The maximum absolute atomic E-state index is 11.4. The van der Waals surface area contributed by atoms with Gasteiger partial charge in [0.15, 0.2) is 6.29 Å². The van der Waals surface area contributed by atoms with Crippen LogP contribution in [0.4, 0.5) is 0 Å². The van der Waals surface area contributed by atoms with Crippen LogP contribution in [0.2, 0.25) is 0 Å². The number of benzene rings is 2. The molecule has 0 aromatic heterocycles. The monoisotopic (exact) mass is 512 g/mol. The van der Waals surface area contributed by atoms with Gasteiger partial charge in [-0.2, -0.15) is 11.8 Å². The van der Waals surface area contributed by atoms with Crippen molar-refractivity contribution in [2.75, 3.05) is 19.0 Å². The van der Waals surface area contributed by atoms with Gasteiger partial charge in [0.2, 0.25) is 0 Å². The normalized spacial score (nSPS) is 20.1. The molecule has 0 radical (unpaired) electrons. The van der Waals surface area contributed by atoms with Crippen LogP contribution in [0.3, 0.4) is 0 Å². The Labute approximate surface area is 219 Å². The molecule has 2 aromatic carbocycles. The SMILES string of the molecule is CC1(C)COC(c2cccc(C(CCc3ccccc3C(C)(C)O)SCC3(CC(=O)O)CC3)c2)OC1. The third-order valence-electron chi connectivity index (χ3n) is 7.23. The van der Waals surface area contributed by atoms with Crippen molar-refractivity contribution in [3.05, 3.63) is 70.8 Å². The summed E-state index contributed by atoms with van der Waals surface area (Å²) in [6, 6.07) is 16.6. The molecule has 1 saturated heterocycles. The fraction of sp³-hybridized carbons (Fsp3) is 0.567. The first-order valence-corrected chi connectivity index (χ1v) is 14.0. The number of carboxylic acids is 1. The number of thioether (sulfide) groups is 1. The van der Waals surface area contributed by atoms with Crippen molar-refractivity contribution in [3.63, 3.8) is 0 Å². The lowest BCUT2D eigenvalue weighted by Gasteiger charge is -2.35. The molecule has 196 valence electrons. The van der Waals surface area contributed by atoms with E-state index in [-0.39, 0.29) is 28.8 Å². The van der Waals surface area contributed by atoms with E-state index in [1.807, 2.05) is 43.8 Å². The first-order valence-electron chi connectivity index (χ1n) is 12.9. The Morgan fingerprint density at radius 3 is 2.44 bits per heavy atom. The Bertz CT molecular complexity index is 1040. The number of aliphatic hydroxyl groups is 1. The third kappa shape index (κ3) is 7.12. The lowest BCUT2D eigenvalue weighted by Crippen LogP contribution is -2.33. The Hall–Kier alpha value is -1.86. The van der Waals surface area contributed by atoms with E-state index in [1.165, 1.54) is 5.56 Å². The molecule has 0 bridgehead atoms. The lowest BCUT2D eigenvalue weighted by atomic mass is 9.90. The summed E-state index contributed by atoms with van der Waals surface area (Å²) in [5.74, 6) is 0.131. The average Bonchev–Trinajstić information content (AvgIpc) is 3.57. The topological polar surface area (TPSA) is 76.0 Å². The molecule has 5 nitrogen and oxygen atoms in total. The first-order chi connectivity index (χ1) is 17.0. The van der Waals surface area contributed by atoms with E-state index in [2.05, 4.69) is 44.2 Å². The van der Waals surface area contributed by atoms with Crippen molar-refractivity contribution >= 4 is 17.7 Å².